The van der Waals surface area contributed by atoms with Crippen LogP contribution >= 0.6 is 27.7 Å². The van der Waals surface area contributed by atoms with Crippen molar-refractivity contribution in [2.75, 3.05) is 65.6 Å². The van der Waals surface area contributed by atoms with Crippen molar-refractivity contribution in [3.8, 4) is 0 Å². The molecule has 4 aliphatic heterocycles. The summed E-state index contributed by atoms with van der Waals surface area (Å²) in [6, 6.07) is 9.17. The van der Waals surface area contributed by atoms with Crippen LogP contribution in [0.1, 0.15) is 24.8 Å². The molecule has 1 aromatic carbocycles. The van der Waals surface area contributed by atoms with Crippen molar-refractivity contribution >= 4 is 45.4 Å². The van der Waals surface area contributed by atoms with E-state index in [1.807, 2.05) is 35.2 Å². The first kappa shape index (κ1) is 33.2. The Labute approximate surface area is 273 Å². The fourth-order valence-electron chi connectivity index (χ4n) is 7.44. The van der Waals surface area contributed by atoms with Gasteiger partial charge in [-0.05, 0) is 24.8 Å². The van der Waals surface area contributed by atoms with Crippen molar-refractivity contribution in [1.29, 1.82) is 0 Å². The Hall–Kier alpha value is -2.18. The number of carbonyl (C=O) groups is 3. The number of likely N-dealkylation sites (tertiary alicyclic amines) is 1. The molecule has 44 heavy (non-hydrogen) atoms. The average Bonchev–Trinajstić information content (AvgIpc) is 3.62. The summed E-state index contributed by atoms with van der Waals surface area (Å²) in [6.45, 7) is 13.7. The highest BCUT2D eigenvalue weighted by atomic mass is 79.9. The highest BCUT2D eigenvalue weighted by Crippen LogP contribution is 2.68. The Bertz CT molecular complexity index is 1200. The van der Waals surface area contributed by atoms with E-state index in [-0.39, 0.29) is 34.4 Å². The number of benzene rings is 1. The Kier molecular flexibility index (Phi) is 11.3. The smallest absolute Gasteiger partial charge is 0.247 e. The van der Waals surface area contributed by atoms with Gasteiger partial charge in [-0.1, -0.05) is 58.4 Å². The quantitative estimate of drug-likeness (QED) is 0.172. The second-order valence-corrected chi connectivity index (χ2v) is 14.9. The molecule has 9 nitrogen and oxygen atoms in total. The molecular formula is C33H45BrN4O5S. The van der Waals surface area contributed by atoms with Crippen LogP contribution in [0.25, 0.3) is 0 Å². The largest absolute Gasteiger partial charge is 0.396 e. The number of aliphatic hydroxyl groups is 1. The standard InChI is InChI=1S/C33H45BrN4O5S/c1-3-12-36(16-15-35-17-20-43-21-18-35)32(42)29-33-22-25(34)28(44-33)26(27(33)31(41)38(29)14-8-9-19-39)30(40)37(13-4-2)23-24-10-6-5-7-11-24/h3-7,10-11,25-29,39H,1-2,8-9,12-23H2/t25?,26-,27-,28-,29?,33?/m0/s1. The maximum atomic E-state index is 14.6. The van der Waals surface area contributed by atoms with Gasteiger partial charge >= 0.3 is 0 Å². The van der Waals surface area contributed by atoms with Crippen molar-refractivity contribution in [1.82, 2.24) is 19.6 Å². The normalized spacial score (nSPS) is 29.5. The zero-order valence-electron chi connectivity index (χ0n) is 25.4. The third kappa shape index (κ3) is 6.54. The van der Waals surface area contributed by atoms with Gasteiger partial charge in [0.15, 0.2) is 0 Å². The predicted octanol–water partition coefficient (Wildman–Crippen LogP) is 2.79. The molecule has 1 N–H and O–H groups in total. The summed E-state index contributed by atoms with van der Waals surface area (Å²) in [7, 11) is 0. The van der Waals surface area contributed by atoms with Gasteiger partial charge in [0, 0.05) is 69.0 Å². The molecule has 0 aliphatic carbocycles. The lowest BCUT2D eigenvalue weighted by molar-refractivity contribution is -0.145. The summed E-state index contributed by atoms with van der Waals surface area (Å²) in [5.74, 6) is -1.39. The molecule has 6 atom stereocenters. The van der Waals surface area contributed by atoms with Crippen LogP contribution in [-0.4, -0.2) is 129 Å². The van der Waals surface area contributed by atoms with Crippen LogP contribution < -0.4 is 0 Å². The van der Waals surface area contributed by atoms with Crippen molar-refractivity contribution in [2.45, 2.75) is 46.7 Å². The maximum absolute atomic E-state index is 14.6. The summed E-state index contributed by atoms with van der Waals surface area (Å²) < 4.78 is 4.78. The highest BCUT2D eigenvalue weighted by Gasteiger charge is 2.76. The van der Waals surface area contributed by atoms with Crippen LogP contribution in [0.4, 0.5) is 0 Å². The number of ether oxygens (including phenoxy) is 1. The fourth-order valence-corrected chi connectivity index (χ4v) is 11.0. The molecule has 4 fully saturated rings. The molecule has 4 aliphatic rings. The Morgan fingerprint density at radius 2 is 1.77 bits per heavy atom. The van der Waals surface area contributed by atoms with Crippen LogP contribution in [0, 0.1) is 11.8 Å². The Morgan fingerprint density at radius 3 is 2.45 bits per heavy atom. The first-order valence-corrected chi connectivity index (χ1v) is 17.5. The molecule has 3 unspecified atom stereocenters. The van der Waals surface area contributed by atoms with E-state index in [0.717, 1.165) is 25.2 Å². The number of rotatable bonds is 15. The van der Waals surface area contributed by atoms with Crippen molar-refractivity contribution in [3.05, 3.63) is 61.2 Å². The SMILES string of the molecule is C=CCN(CCN1CCOCC1)C(=O)C1N(CCCCO)C(=O)[C@@H]2[C@H](C(=O)N(CC=C)Cc3ccccc3)[C@H]3SC12CC3Br. The van der Waals surface area contributed by atoms with Gasteiger partial charge in [-0.15, -0.1) is 24.9 Å². The molecule has 0 aromatic heterocycles. The van der Waals surface area contributed by atoms with Crippen molar-refractivity contribution < 1.29 is 24.2 Å². The minimum atomic E-state index is -0.711. The number of halogens is 1. The van der Waals surface area contributed by atoms with Gasteiger partial charge in [0.2, 0.25) is 17.7 Å². The second kappa shape index (κ2) is 14.9. The second-order valence-electron chi connectivity index (χ2n) is 12.1. The monoisotopic (exact) mass is 688 g/mol. The van der Waals surface area contributed by atoms with Gasteiger partial charge in [-0.3, -0.25) is 19.3 Å². The average molecular weight is 690 g/mol. The third-order valence-electron chi connectivity index (χ3n) is 9.44. The molecule has 5 rings (SSSR count). The number of alkyl halides is 1. The van der Waals surface area contributed by atoms with Gasteiger partial charge in [-0.2, -0.15) is 0 Å². The van der Waals surface area contributed by atoms with E-state index in [9.17, 15) is 19.5 Å². The van der Waals surface area contributed by atoms with E-state index in [1.54, 1.807) is 33.7 Å². The summed E-state index contributed by atoms with van der Waals surface area (Å²) in [5.41, 5.74) is 1.01. The molecule has 11 heteroatoms. The molecule has 2 bridgehead atoms. The zero-order chi connectivity index (χ0) is 31.3. The molecule has 3 amide bonds. The molecular weight excluding hydrogens is 644 g/mol. The Balaban J connectivity index is 1.45. The summed E-state index contributed by atoms with van der Waals surface area (Å²) in [4.78, 5) is 51.2. The number of hydrogen-bond donors (Lipinski definition) is 1. The van der Waals surface area contributed by atoms with Crippen LogP contribution in [0.15, 0.2) is 55.6 Å². The van der Waals surface area contributed by atoms with E-state index in [0.29, 0.717) is 65.2 Å². The number of morpholine rings is 1. The maximum Gasteiger partial charge on any atom is 0.247 e. The lowest BCUT2D eigenvalue weighted by Crippen LogP contribution is -2.56. The summed E-state index contributed by atoms with van der Waals surface area (Å²) in [6.07, 6.45) is 5.24. The molecule has 240 valence electrons. The number of aliphatic hydroxyl groups excluding tert-OH is 1. The van der Waals surface area contributed by atoms with Crippen LogP contribution in [0.3, 0.4) is 0 Å². The first-order chi connectivity index (χ1) is 21.4. The summed E-state index contributed by atoms with van der Waals surface area (Å²) >= 11 is 5.56. The van der Waals surface area contributed by atoms with Crippen molar-refractivity contribution in [3.63, 3.8) is 0 Å². The van der Waals surface area contributed by atoms with Crippen molar-refractivity contribution in [2.24, 2.45) is 11.8 Å². The third-order valence-corrected chi connectivity index (χ3v) is 12.7. The van der Waals surface area contributed by atoms with Gasteiger partial charge in [0.25, 0.3) is 0 Å². The number of amides is 3. The molecule has 0 saturated carbocycles. The number of hydrogen-bond acceptors (Lipinski definition) is 7. The fraction of sp³-hybridized carbons (Fsp3) is 0.606. The van der Waals surface area contributed by atoms with E-state index in [2.05, 4.69) is 34.0 Å². The minimum Gasteiger partial charge on any atom is -0.396 e. The van der Waals surface area contributed by atoms with Gasteiger partial charge in [-0.25, -0.2) is 0 Å². The van der Waals surface area contributed by atoms with Crippen LogP contribution in [0.5, 0.6) is 0 Å². The number of unbranched alkanes of at least 4 members (excludes halogenated alkanes) is 1. The number of carbonyl (C=O) groups excluding carboxylic acids is 3. The predicted molar refractivity (Wildman–Crippen MR) is 176 cm³/mol. The zero-order valence-corrected chi connectivity index (χ0v) is 27.8. The first-order valence-electron chi connectivity index (χ1n) is 15.7. The van der Waals surface area contributed by atoms with E-state index < -0.39 is 22.6 Å². The van der Waals surface area contributed by atoms with E-state index in [4.69, 9.17) is 4.74 Å². The highest BCUT2D eigenvalue weighted by molar-refractivity contribution is 9.09. The number of nitrogens with zero attached hydrogens (tertiary/aromatic N) is 4. The molecule has 0 radical (unpaired) electrons. The molecule has 4 heterocycles. The van der Waals surface area contributed by atoms with Gasteiger partial charge in [0.1, 0.15) is 6.04 Å². The van der Waals surface area contributed by atoms with Gasteiger partial charge < -0.3 is 24.5 Å². The molecule has 1 aromatic rings. The number of fused-ring (bicyclic) bond motifs is 1. The Morgan fingerprint density at radius 1 is 1.07 bits per heavy atom. The minimum absolute atomic E-state index is 0.00158. The molecule has 1 spiro atoms. The molecule has 4 saturated heterocycles. The topological polar surface area (TPSA) is 93.6 Å². The van der Waals surface area contributed by atoms with Crippen LogP contribution in [-0.2, 0) is 25.7 Å². The summed E-state index contributed by atoms with van der Waals surface area (Å²) in [5, 5.41) is 9.39. The van der Waals surface area contributed by atoms with Crippen LogP contribution in [0.2, 0.25) is 0 Å². The van der Waals surface area contributed by atoms with E-state index >= 15 is 0 Å². The van der Waals surface area contributed by atoms with Gasteiger partial charge in [0.05, 0.1) is 29.8 Å². The number of thioether (sulfide) groups is 1. The van der Waals surface area contributed by atoms with E-state index in [1.165, 1.54) is 0 Å². The lowest BCUT2D eigenvalue weighted by Gasteiger charge is -2.39. The lowest BCUT2D eigenvalue weighted by atomic mass is 9.70.